The number of carbonyl (C=O) groups is 1. The Balaban J connectivity index is 2.01. The van der Waals surface area contributed by atoms with E-state index >= 15 is 0 Å². The average Bonchev–Trinajstić information content (AvgIpc) is 2.70. The lowest BCUT2D eigenvalue weighted by atomic mass is 10.2. The van der Waals surface area contributed by atoms with Crippen molar-refractivity contribution in [1.29, 1.82) is 0 Å². The van der Waals surface area contributed by atoms with Crippen LogP contribution in [0.4, 0.5) is 5.69 Å². The van der Waals surface area contributed by atoms with Gasteiger partial charge in [-0.3, -0.25) is 9.48 Å². The molecule has 6 nitrogen and oxygen atoms in total. The first-order chi connectivity index (χ1) is 8.20. The molecule has 0 bridgehead atoms. The predicted molar refractivity (Wildman–Crippen MR) is 63.8 cm³/mol. The van der Waals surface area contributed by atoms with Crippen molar-refractivity contribution in [3.8, 4) is 0 Å². The molecular formula is C11H18N4O2. The summed E-state index contributed by atoms with van der Waals surface area (Å²) in [5, 5.41) is 10.3. The zero-order chi connectivity index (χ0) is 12.3. The molecule has 1 fully saturated rings. The first kappa shape index (κ1) is 12.1. The van der Waals surface area contributed by atoms with Crippen LogP contribution in [0.15, 0.2) is 6.20 Å². The maximum Gasteiger partial charge on any atom is 0.243 e. The molecule has 0 aromatic carbocycles. The summed E-state index contributed by atoms with van der Waals surface area (Å²) in [6.07, 6.45) is 2.62. The van der Waals surface area contributed by atoms with E-state index in [2.05, 4.69) is 15.7 Å². The zero-order valence-electron chi connectivity index (χ0n) is 10.2. The molecule has 1 saturated heterocycles. The number of aryl methyl sites for hydroxylation is 2. The second kappa shape index (κ2) is 5.29. The van der Waals surface area contributed by atoms with E-state index in [1.54, 1.807) is 4.68 Å². The molecule has 0 spiro atoms. The average molecular weight is 238 g/mol. The monoisotopic (exact) mass is 238 g/mol. The van der Waals surface area contributed by atoms with Crippen LogP contribution in [0, 0.1) is 0 Å². The van der Waals surface area contributed by atoms with Crippen LogP contribution in [-0.4, -0.2) is 41.5 Å². The Kier molecular flexibility index (Phi) is 3.75. The van der Waals surface area contributed by atoms with E-state index in [0.717, 1.165) is 17.8 Å². The number of anilines is 1. The molecular weight excluding hydrogens is 220 g/mol. The number of aromatic nitrogens is 2. The van der Waals surface area contributed by atoms with Crippen LogP contribution in [0.5, 0.6) is 0 Å². The zero-order valence-corrected chi connectivity index (χ0v) is 10.2. The highest BCUT2D eigenvalue weighted by atomic mass is 16.5. The smallest absolute Gasteiger partial charge is 0.243 e. The molecule has 2 rings (SSSR count). The van der Waals surface area contributed by atoms with Crippen molar-refractivity contribution >= 4 is 11.6 Å². The van der Waals surface area contributed by atoms with Crippen LogP contribution in [0.3, 0.4) is 0 Å². The van der Waals surface area contributed by atoms with Gasteiger partial charge in [-0.1, -0.05) is 6.92 Å². The van der Waals surface area contributed by atoms with Gasteiger partial charge in [0.2, 0.25) is 5.91 Å². The van der Waals surface area contributed by atoms with Gasteiger partial charge in [-0.05, 0) is 6.42 Å². The quantitative estimate of drug-likeness (QED) is 0.772. The number of hydrogen-bond donors (Lipinski definition) is 2. The molecule has 2 heterocycles. The Labute approximate surface area is 100 Å². The van der Waals surface area contributed by atoms with Crippen LogP contribution in [0.1, 0.15) is 12.6 Å². The van der Waals surface area contributed by atoms with Crippen LogP contribution in [0.2, 0.25) is 0 Å². The van der Waals surface area contributed by atoms with E-state index in [0.29, 0.717) is 19.8 Å². The molecule has 1 aliphatic heterocycles. The second-order valence-corrected chi connectivity index (χ2v) is 4.09. The summed E-state index contributed by atoms with van der Waals surface area (Å²) in [6, 6.07) is -0.270. The molecule has 0 radical (unpaired) electrons. The molecule has 17 heavy (non-hydrogen) atoms. The highest BCUT2D eigenvalue weighted by molar-refractivity contribution is 5.95. The molecule has 1 aromatic rings. The third-order valence-electron chi connectivity index (χ3n) is 2.74. The number of carbonyl (C=O) groups excluding carboxylic acids is 1. The van der Waals surface area contributed by atoms with E-state index in [9.17, 15) is 4.79 Å². The fourth-order valence-electron chi connectivity index (χ4n) is 1.85. The number of hydrogen-bond acceptors (Lipinski definition) is 4. The van der Waals surface area contributed by atoms with E-state index < -0.39 is 0 Å². The first-order valence-corrected chi connectivity index (χ1v) is 5.85. The summed E-state index contributed by atoms with van der Waals surface area (Å²) < 4.78 is 6.97. The van der Waals surface area contributed by atoms with Gasteiger partial charge in [0.05, 0.1) is 24.6 Å². The second-order valence-electron chi connectivity index (χ2n) is 4.09. The maximum atomic E-state index is 12.0. The van der Waals surface area contributed by atoms with E-state index in [4.69, 9.17) is 4.74 Å². The third kappa shape index (κ3) is 2.83. The number of rotatable bonds is 3. The topological polar surface area (TPSA) is 68.2 Å². The Bertz CT molecular complexity index is 396. The number of amides is 1. The number of nitrogens with zero attached hydrogens (tertiary/aromatic N) is 2. The van der Waals surface area contributed by atoms with Crippen LogP contribution >= 0.6 is 0 Å². The van der Waals surface area contributed by atoms with Crippen molar-refractivity contribution in [2.24, 2.45) is 7.05 Å². The molecule has 0 saturated carbocycles. The maximum absolute atomic E-state index is 12.0. The molecule has 1 unspecified atom stereocenters. The van der Waals surface area contributed by atoms with Gasteiger partial charge in [0.1, 0.15) is 6.04 Å². The minimum Gasteiger partial charge on any atom is -0.378 e. The minimum atomic E-state index is -0.270. The van der Waals surface area contributed by atoms with Gasteiger partial charge in [0, 0.05) is 19.8 Å². The summed E-state index contributed by atoms with van der Waals surface area (Å²) in [7, 11) is 1.84. The van der Waals surface area contributed by atoms with E-state index in [-0.39, 0.29) is 11.9 Å². The van der Waals surface area contributed by atoms with Gasteiger partial charge in [-0.15, -0.1) is 0 Å². The third-order valence-corrected chi connectivity index (χ3v) is 2.74. The lowest BCUT2D eigenvalue weighted by Gasteiger charge is -2.22. The van der Waals surface area contributed by atoms with Gasteiger partial charge in [-0.2, -0.15) is 5.10 Å². The normalized spacial score (nSPS) is 20.2. The molecule has 6 heteroatoms. The number of ether oxygens (including phenoxy) is 1. The minimum absolute atomic E-state index is 0.0626. The van der Waals surface area contributed by atoms with Gasteiger partial charge in [-0.25, -0.2) is 0 Å². The number of nitrogens with one attached hydrogen (secondary N) is 2. The van der Waals surface area contributed by atoms with Crippen molar-refractivity contribution in [3.63, 3.8) is 0 Å². The Morgan fingerprint density at radius 2 is 2.59 bits per heavy atom. The summed E-state index contributed by atoms with van der Waals surface area (Å²) in [5.41, 5.74) is 1.69. The van der Waals surface area contributed by atoms with Gasteiger partial charge in [0.25, 0.3) is 0 Å². The highest BCUT2D eigenvalue weighted by Gasteiger charge is 2.22. The Morgan fingerprint density at radius 3 is 3.24 bits per heavy atom. The molecule has 2 N–H and O–H groups in total. The Hall–Kier alpha value is -1.40. The molecule has 1 aromatic heterocycles. The van der Waals surface area contributed by atoms with Crippen molar-refractivity contribution < 1.29 is 9.53 Å². The van der Waals surface area contributed by atoms with E-state index in [1.165, 1.54) is 0 Å². The molecule has 1 atom stereocenters. The molecule has 0 aliphatic carbocycles. The summed E-state index contributed by atoms with van der Waals surface area (Å²) in [6.45, 7) is 3.82. The summed E-state index contributed by atoms with van der Waals surface area (Å²) in [5.74, 6) is -0.0626. The van der Waals surface area contributed by atoms with Gasteiger partial charge in [0.15, 0.2) is 0 Å². The van der Waals surface area contributed by atoms with Gasteiger partial charge >= 0.3 is 0 Å². The van der Waals surface area contributed by atoms with Crippen molar-refractivity contribution in [2.75, 3.05) is 25.1 Å². The fourth-order valence-corrected chi connectivity index (χ4v) is 1.85. The van der Waals surface area contributed by atoms with Gasteiger partial charge < -0.3 is 15.4 Å². The lowest BCUT2D eigenvalue weighted by molar-refractivity contribution is -0.120. The predicted octanol–water partition coefficient (Wildman–Crippen LogP) is -0.0906. The lowest BCUT2D eigenvalue weighted by Crippen LogP contribution is -2.48. The number of morpholine rings is 1. The summed E-state index contributed by atoms with van der Waals surface area (Å²) >= 11 is 0. The fraction of sp³-hybridized carbons (Fsp3) is 0.636. The highest BCUT2D eigenvalue weighted by Crippen LogP contribution is 2.14. The molecule has 1 aliphatic rings. The van der Waals surface area contributed by atoms with Crippen molar-refractivity contribution in [1.82, 2.24) is 15.1 Å². The Morgan fingerprint density at radius 1 is 1.76 bits per heavy atom. The molecule has 1 amide bonds. The van der Waals surface area contributed by atoms with Crippen molar-refractivity contribution in [2.45, 2.75) is 19.4 Å². The standard InChI is InChI=1S/C11H18N4O2/c1-3-8-9(6-15(2)14-8)13-11(16)10-7-17-5-4-12-10/h6,10,12H,3-5,7H2,1-2H3,(H,13,16). The van der Waals surface area contributed by atoms with Crippen LogP contribution < -0.4 is 10.6 Å². The van der Waals surface area contributed by atoms with Crippen molar-refractivity contribution in [3.05, 3.63) is 11.9 Å². The summed E-state index contributed by atoms with van der Waals surface area (Å²) in [4.78, 5) is 12.0. The first-order valence-electron chi connectivity index (χ1n) is 5.85. The molecule has 94 valence electrons. The van der Waals surface area contributed by atoms with Crippen LogP contribution in [-0.2, 0) is 23.0 Å². The van der Waals surface area contributed by atoms with E-state index in [1.807, 2.05) is 20.2 Å². The SMILES string of the molecule is CCc1nn(C)cc1NC(=O)C1COCCN1. The van der Waals surface area contributed by atoms with Crippen LogP contribution in [0.25, 0.3) is 0 Å². The largest absolute Gasteiger partial charge is 0.378 e.